The molecule has 2 unspecified atom stereocenters. The van der Waals surface area contributed by atoms with E-state index in [-0.39, 0.29) is 0 Å². The molecule has 0 amide bonds. The lowest BCUT2D eigenvalue weighted by Gasteiger charge is -2.13. The number of halogens is 2. The third kappa shape index (κ3) is 4.97. The van der Waals surface area contributed by atoms with Gasteiger partial charge < -0.3 is 0 Å². The van der Waals surface area contributed by atoms with Gasteiger partial charge in [-0.1, -0.05) is 92.5 Å². The average molecular weight is 400 g/mol. The smallest absolute Gasteiger partial charge is 0.0485 e. The number of benzene rings is 2. The molecule has 0 nitrogen and oxygen atoms in total. The first kappa shape index (κ1) is 15.1. The summed E-state index contributed by atoms with van der Waals surface area (Å²) in [7, 11) is 0. The van der Waals surface area contributed by atoms with Gasteiger partial charge in [-0.2, -0.15) is 11.8 Å². The van der Waals surface area contributed by atoms with E-state index in [9.17, 15) is 0 Å². The maximum atomic E-state index is 3.76. The van der Waals surface area contributed by atoms with E-state index < -0.39 is 0 Å². The second kappa shape index (κ2) is 8.13. The highest BCUT2D eigenvalue weighted by Gasteiger charge is 2.10. The highest BCUT2D eigenvalue weighted by molar-refractivity contribution is 9.09. The van der Waals surface area contributed by atoms with Gasteiger partial charge >= 0.3 is 0 Å². The zero-order chi connectivity index (χ0) is 13.5. The Morgan fingerprint density at radius 2 is 1.05 bits per heavy atom. The van der Waals surface area contributed by atoms with Crippen molar-refractivity contribution in [3.8, 4) is 0 Å². The van der Waals surface area contributed by atoms with E-state index >= 15 is 0 Å². The maximum Gasteiger partial charge on any atom is 0.0485 e. The molecular weight excluding hydrogens is 384 g/mol. The van der Waals surface area contributed by atoms with Crippen molar-refractivity contribution in [2.45, 2.75) is 9.65 Å². The fourth-order valence-electron chi connectivity index (χ4n) is 1.79. The van der Waals surface area contributed by atoms with Crippen molar-refractivity contribution in [3.05, 3.63) is 71.8 Å². The normalized spacial score (nSPS) is 14.0. The molecule has 0 N–H and O–H groups in total. The molecule has 2 aromatic rings. The zero-order valence-corrected chi connectivity index (χ0v) is 14.5. The summed E-state index contributed by atoms with van der Waals surface area (Å²) in [5.74, 6) is 2.16. The largest absolute Gasteiger partial charge is 0.159 e. The van der Waals surface area contributed by atoms with Crippen molar-refractivity contribution in [3.63, 3.8) is 0 Å². The minimum absolute atomic E-state index is 0.425. The second-order valence-electron chi connectivity index (χ2n) is 4.29. The molecule has 100 valence electrons. The molecule has 3 heteroatoms. The summed E-state index contributed by atoms with van der Waals surface area (Å²) < 4.78 is 0. The van der Waals surface area contributed by atoms with Crippen LogP contribution < -0.4 is 0 Å². The summed E-state index contributed by atoms with van der Waals surface area (Å²) in [4.78, 5) is 0.850. The SMILES string of the molecule is BrC(CSCC(Br)c1ccccc1)c1ccccc1. The Balaban J connectivity index is 1.78. The molecule has 0 bridgehead atoms. The monoisotopic (exact) mass is 398 g/mol. The van der Waals surface area contributed by atoms with E-state index in [1.165, 1.54) is 11.1 Å². The average Bonchev–Trinajstić information content (AvgIpc) is 2.49. The van der Waals surface area contributed by atoms with E-state index in [2.05, 4.69) is 92.5 Å². The Labute approximate surface area is 136 Å². The number of alkyl halides is 2. The van der Waals surface area contributed by atoms with Gasteiger partial charge in [-0.25, -0.2) is 0 Å². The van der Waals surface area contributed by atoms with E-state index in [1.54, 1.807) is 0 Å². The van der Waals surface area contributed by atoms with Gasteiger partial charge in [0.25, 0.3) is 0 Å². The number of hydrogen-bond acceptors (Lipinski definition) is 1. The van der Waals surface area contributed by atoms with E-state index in [0.717, 1.165) is 11.5 Å². The summed E-state index contributed by atoms with van der Waals surface area (Å²) in [5, 5.41) is 0. The lowest BCUT2D eigenvalue weighted by Crippen LogP contribution is -1.98. The molecule has 0 radical (unpaired) electrons. The van der Waals surface area contributed by atoms with Crippen LogP contribution >= 0.6 is 43.6 Å². The highest BCUT2D eigenvalue weighted by Crippen LogP contribution is 2.31. The first-order valence-corrected chi connectivity index (χ1v) is 9.22. The summed E-state index contributed by atoms with van der Waals surface area (Å²) >= 11 is 9.48. The fraction of sp³-hybridized carbons (Fsp3) is 0.250. The van der Waals surface area contributed by atoms with Crippen LogP contribution in [-0.4, -0.2) is 11.5 Å². The quantitative estimate of drug-likeness (QED) is 0.537. The Morgan fingerprint density at radius 3 is 1.42 bits per heavy atom. The van der Waals surface area contributed by atoms with Crippen molar-refractivity contribution < 1.29 is 0 Å². The standard InChI is InChI=1S/C16H16Br2S/c17-15(13-7-3-1-4-8-13)11-19-12-16(18)14-9-5-2-6-10-14/h1-10,15-16H,11-12H2. The lowest BCUT2D eigenvalue weighted by molar-refractivity contribution is 1.11. The van der Waals surface area contributed by atoms with Crippen molar-refractivity contribution in [1.82, 2.24) is 0 Å². The van der Waals surface area contributed by atoms with Crippen LogP contribution in [-0.2, 0) is 0 Å². The minimum Gasteiger partial charge on any atom is -0.159 e. The molecule has 2 rings (SSSR count). The van der Waals surface area contributed by atoms with E-state index in [4.69, 9.17) is 0 Å². The van der Waals surface area contributed by atoms with Crippen LogP contribution in [0.1, 0.15) is 20.8 Å². The lowest BCUT2D eigenvalue weighted by atomic mass is 10.2. The van der Waals surface area contributed by atoms with Crippen LogP contribution in [0.2, 0.25) is 0 Å². The Bertz CT molecular complexity index is 427. The fourth-order valence-corrected chi connectivity index (χ4v) is 4.46. The molecule has 0 aliphatic carbocycles. The third-order valence-electron chi connectivity index (χ3n) is 2.85. The number of hydrogen-bond donors (Lipinski definition) is 0. The van der Waals surface area contributed by atoms with E-state index in [1.807, 2.05) is 11.8 Å². The molecule has 0 fully saturated rings. The van der Waals surface area contributed by atoms with Gasteiger partial charge in [0, 0.05) is 21.2 Å². The Morgan fingerprint density at radius 1 is 0.684 bits per heavy atom. The van der Waals surface area contributed by atoms with Gasteiger partial charge in [-0.05, 0) is 11.1 Å². The highest BCUT2D eigenvalue weighted by atomic mass is 79.9. The third-order valence-corrected chi connectivity index (χ3v) is 6.55. The molecule has 2 aromatic carbocycles. The van der Waals surface area contributed by atoms with Crippen LogP contribution in [0.5, 0.6) is 0 Å². The minimum atomic E-state index is 0.425. The molecule has 0 aliphatic rings. The molecule has 0 heterocycles. The molecule has 0 saturated carbocycles. The topological polar surface area (TPSA) is 0 Å². The Kier molecular flexibility index (Phi) is 6.48. The van der Waals surface area contributed by atoms with Gasteiger partial charge in [0.1, 0.15) is 0 Å². The van der Waals surface area contributed by atoms with Gasteiger partial charge in [-0.3, -0.25) is 0 Å². The van der Waals surface area contributed by atoms with Crippen LogP contribution in [0.4, 0.5) is 0 Å². The number of rotatable bonds is 6. The first-order valence-electron chi connectivity index (χ1n) is 6.23. The molecule has 0 aromatic heterocycles. The van der Waals surface area contributed by atoms with Crippen molar-refractivity contribution in [2.24, 2.45) is 0 Å². The van der Waals surface area contributed by atoms with Crippen molar-refractivity contribution >= 4 is 43.6 Å². The van der Waals surface area contributed by atoms with Gasteiger partial charge in [-0.15, -0.1) is 0 Å². The molecule has 0 aliphatic heterocycles. The molecule has 0 saturated heterocycles. The summed E-state index contributed by atoms with van der Waals surface area (Å²) in [6.45, 7) is 0. The van der Waals surface area contributed by atoms with Crippen LogP contribution in [0.3, 0.4) is 0 Å². The molecule has 2 atom stereocenters. The molecular formula is C16H16Br2S. The maximum absolute atomic E-state index is 3.76. The van der Waals surface area contributed by atoms with Crippen LogP contribution in [0.15, 0.2) is 60.7 Å². The summed E-state index contributed by atoms with van der Waals surface area (Å²) in [6, 6.07) is 21.1. The van der Waals surface area contributed by atoms with E-state index in [0.29, 0.717) is 9.65 Å². The van der Waals surface area contributed by atoms with Gasteiger partial charge in [0.2, 0.25) is 0 Å². The van der Waals surface area contributed by atoms with Gasteiger partial charge in [0.15, 0.2) is 0 Å². The van der Waals surface area contributed by atoms with Gasteiger partial charge in [0.05, 0.1) is 0 Å². The summed E-state index contributed by atoms with van der Waals surface area (Å²) in [6.07, 6.45) is 0. The predicted molar refractivity (Wildman–Crippen MR) is 93.5 cm³/mol. The predicted octanol–water partition coefficient (Wildman–Crippen LogP) is 5.99. The van der Waals surface area contributed by atoms with Crippen molar-refractivity contribution in [1.29, 1.82) is 0 Å². The van der Waals surface area contributed by atoms with Crippen LogP contribution in [0.25, 0.3) is 0 Å². The Hall–Kier alpha value is -0.250. The van der Waals surface area contributed by atoms with Crippen LogP contribution in [0, 0.1) is 0 Å². The number of thioether (sulfide) groups is 1. The first-order chi connectivity index (χ1) is 9.27. The zero-order valence-electron chi connectivity index (χ0n) is 10.5. The second-order valence-corrected chi connectivity index (χ2v) is 7.58. The molecule has 0 spiro atoms. The summed E-state index contributed by atoms with van der Waals surface area (Å²) in [5.41, 5.74) is 2.70. The molecule has 19 heavy (non-hydrogen) atoms. The van der Waals surface area contributed by atoms with Crippen molar-refractivity contribution in [2.75, 3.05) is 11.5 Å².